The average Bonchev–Trinajstić information content (AvgIpc) is 2.96. The fourth-order valence-corrected chi connectivity index (χ4v) is 4.56. The standard InChI is InChI=1S/C34H28F2O3/c35-30-18-17-26(32(21-30)38-22-24-9-3-1-4-10-24)19-27-13-7-14-28(33(27)37)20-29-15-8-16-31(36)34(29)39-23-25-11-5-2-6-12-25/h1-6,8-12,15-21H,7,13-14,22-23H2. The third-order valence-corrected chi connectivity index (χ3v) is 6.57. The van der Waals surface area contributed by atoms with Gasteiger partial charge in [0.25, 0.3) is 0 Å². The minimum atomic E-state index is -0.481. The number of ketones is 1. The van der Waals surface area contributed by atoms with Crippen LogP contribution in [0, 0.1) is 11.6 Å². The van der Waals surface area contributed by atoms with Gasteiger partial charge >= 0.3 is 0 Å². The molecule has 1 aliphatic carbocycles. The highest BCUT2D eigenvalue weighted by Gasteiger charge is 2.22. The number of hydrogen-bond acceptors (Lipinski definition) is 3. The Morgan fingerprint density at radius 3 is 1.95 bits per heavy atom. The Morgan fingerprint density at radius 1 is 0.667 bits per heavy atom. The zero-order chi connectivity index (χ0) is 27.0. The quantitative estimate of drug-likeness (QED) is 0.218. The van der Waals surface area contributed by atoms with Crippen LogP contribution in [0.25, 0.3) is 12.2 Å². The van der Waals surface area contributed by atoms with E-state index in [4.69, 9.17) is 9.47 Å². The molecule has 1 fully saturated rings. The highest BCUT2D eigenvalue weighted by atomic mass is 19.1. The van der Waals surface area contributed by atoms with Crippen molar-refractivity contribution in [1.29, 1.82) is 0 Å². The van der Waals surface area contributed by atoms with Crippen LogP contribution >= 0.6 is 0 Å². The molecule has 1 aliphatic rings. The molecule has 0 amide bonds. The molecule has 0 N–H and O–H groups in total. The van der Waals surface area contributed by atoms with Crippen molar-refractivity contribution in [2.45, 2.75) is 32.5 Å². The summed E-state index contributed by atoms with van der Waals surface area (Å²) in [5.41, 5.74) is 4.21. The lowest BCUT2D eigenvalue weighted by Crippen LogP contribution is -2.12. The molecule has 0 radical (unpaired) electrons. The van der Waals surface area contributed by atoms with Crippen LogP contribution in [-0.2, 0) is 18.0 Å². The van der Waals surface area contributed by atoms with E-state index in [1.165, 1.54) is 18.2 Å². The minimum Gasteiger partial charge on any atom is -0.488 e. The molecule has 0 aliphatic heterocycles. The van der Waals surface area contributed by atoms with E-state index >= 15 is 0 Å². The average molecular weight is 523 g/mol. The summed E-state index contributed by atoms with van der Waals surface area (Å²) in [4.78, 5) is 13.5. The van der Waals surface area contributed by atoms with Gasteiger partial charge in [0, 0.05) is 28.3 Å². The van der Waals surface area contributed by atoms with E-state index in [1.807, 2.05) is 60.7 Å². The molecule has 39 heavy (non-hydrogen) atoms. The van der Waals surface area contributed by atoms with Gasteiger partial charge in [-0.15, -0.1) is 0 Å². The fraction of sp³-hybridized carbons (Fsp3) is 0.147. The molecule has 0 unspecified atom stereocenters. The smallest absolute Gasteiger partial charge is 0.185 e. The van der Waals surface area contributed by atoms with Gasteiger partial charge < -0.3 is 9.47 Å². The van der Waals surface area contributed by atoms with Gasteiger partial charge in [-0.1, -0.05) is 72.8 Å². The monoisotopic (exact) mass is 522 g/mol. The van der Waals surface area contributed by atoms with Crippen molar-refractivity contribution in [3.8, 4) is 11.5 Å². The molecule has 3 nitrogen and oxygen atoms in total. The number of Topliss-reactive ketones (excluding diaryl/α,β-unsaturated/α-hetero) is 1. The van der Waals surface area contributed by atoms with Gasteiger partial charge in [0.15, 0.2) is 17.3 Å². The first-order chi connectivity index (χ1) is 19.1. The van der Waals surface area contributed by atoms with Gasteiger partial charge in [-0.05, 0) is 60.7 Å². The van der Waals surface area contributed by atoms with Crippen LogP contribution in [0.2, 0.25) is 0 Å². The molecule has 4 aromatic rings. The molecule has 5 heteroatoms. The normalized spacial score (nSPS) is 15.5. The van der Waals surface area contributed by atoms with Crippen molar-refractivity contribution in [3.63, 3.8) is 0 Å². The lowest BCUT2D eigenvalue weighted by Gasteiger charge is -2.18. The Bertz CT molecular complexity index is 1510. The minimum absolute atomic E-state index is 0.113. The summed E-state index contributed by atoms with van der Waals surface area (Å²) < 4.78 is 40.6. The third kappa shape index (κ3) is 6.68. The molecule has 0 saturated heterocycles. The van der Waals surface area contributed by atoms with Gasteiger partial charge in [0.2, 0.25) is 0 Å². The van der Waals surface area contributed by atoms with Crippen LogP contribution in [0.3, 0.4) is 0 Å². The van der Waals surface area contributed by atoms with Gasteiger partial charge in [-0.2, -0.15) is 0 Å². The molecule has 0 aromatic heterocycles. The van der Waals surface area contributed by atoms with E-state index in [1.54, 1.807) is 30.4 Å². The number of ether oxygens (including phenoxy) is 2. The summed E-state index contributed by atoms with van der Waals surface area (Å²) in [5.74, 6) is -0.515. The van der Waals surface area contributed by atoms with E-state index in [2.05, 4.69) is 0 Å². The predicted octanol–water partition coefficient (Wildman–Crippen LogP) is 8.34. The molecule has 0 spiro atoms. The highest BCUT2D eigenvalue weighted by Crippen LogP contribution is 2.33. The molecular weight excluding hydrogens is 494 g/mol. The Hall–Kier alpha value is -4.51. The molecule has 196 valence electrons. The summed E-state index contributed by atoms with van der Waals surface area (Å²) in [7, 11) is 0. The number of benzene rings is 4. The van der Waals surface area contributed by atoms with Gasteiger partial charge in [0.1, 0.15) is 24.8 Å². The first-order valence-corrected chi connectivity index (χ1v) is 12.9. The lowest BCUT2D eigenvalue weighted by molar-refractivity contribution is -0.112. The Morgan fingerprint density at radius 2 is 1.28 bits per heavy atom. The molecule has 0 heterocycles. The van der Waals surface area contributed by atoms with Crippen LogP contribution in [-0.4, -0.2) is 5.78 Å². The van der Waals surface area contributed by atoms with E-state index in [-0.39, 0.29) is 24.7 Å². The van der Waals surface area contributed by atoms with Crippen LogP contribution in [0.5, 0.6) is 11.5 Å². The number of rotatable bonds is 8. The molecule has 0 atom stereocenters. The second-order valence-corrected chi connectivity index (χ2v) is 9.41. The first kappa shape index (κ1) is 26.1. The number of carbonyl (C=O) groups is 1. The largest absolute Gasteiger partial charge is 0.488 e. The van der Waals surface area contributed by atoms with Crippen LogP contribution in [0.4, 0.5) is 8.78 Å². The Kier molecular flexibility index (Phi) is 8.27. The number of hydrogen-bond donors (Lipinski definition) is 0. The highest BCUT2D eigenvalue weighted by molar-refractivity contribution is 6.14. The van der Waals surface area contributed by atoms with Gasteiger partial charge in [-0.3, -0.25) is 4.79 Å². The topological polar surface area (TPSA) is 35.5 Å². The SMILES string of the molecule is O=C1C(=Cc2ccc(F)cc2OCc2ccccc2)CCCC1=Cc1cccc(F)c1OCc1ccccc1. The van der Waals surface area contributed by atoms with Crippen molar-refractivity contribution in [2.75, 3.05) is 0 Å². The van der Waals surface area contributed by atoms with Crippen LogP contribution in [0.1, 0.15) is 41.5 Å². The number of halogens is 2. The van der Waals surface area contributed by atoms with E-state index in [9.17, 15) is 13.6 Å². The molecule has 5 rings (SSSR count). The Labute approximate surface area is 227 Å². The summed E-state index contributed by atoms with van der Waals surface area (Å²) in [6.45, 7) is 0.498. The van der Waals surface area contributed by atoms with Crippen LogP contribution < -0.4 is 9.47 Å². The molecule has 4 aromatic carbocycles. The van der Waals surface area contributed by atoms with Crippen molar-refractivity contribution in [3.05, 3.63) is 142 Å². The van der Waals surface area contributed by atoms with E-state index in [0.29, 0.717) is 40.9 Å². The summed E-state index contributed by atoms with van der Waals surface area (Å²) in [5, 5.41) is 0. The summed E-state index contributed by atoms with van der Waals surface area (Å²) in [6.07, 6.45) is 5.42. The van der Waals surface area contributed by atoms with Gasteiger partial charge in [0.05, 0.1) is 0 Å². The van der Waals surface area contributed by atoms with Crippen molar-refractivity contribution < 1.29 is 23.0 Å². The number of allylic oxidation sites excluding steroid dienone is 2. The Balaban J connectivity index is 1.39. The summed E-state index contributed by atoms with van der Waals surface area (Å²) in [6, 6.07) is 28.2. The number of carbonyl (C=O) groups excluding carboxylic acids is 1. The maximum absolute atomic E-state index is 14.7. The lowest BCUT2D eigenvalue weighted by atomic mass is 9.86. The molecule has 1 saturated carbocycles. The maximum Gasteiger partial charge on any atom is 0.185 e. The second kappa shape index (κ2) is 12.4. The molecule has 0 bridgehead atoms. The van der Waals surface area contributed by atoms with E-state index in [0.717, 1.165) is 17.5 Å². The van der Waals surface area contributed by atoms with Crippen LogP contribution in [0.15, 0.2) is 108 Å². The maximum atomic E-state index is 14.7. The fourth-order valence-electron chi connectivity index (χ4n) is 4.56. The zero-order valence-electron chi connectivity index (χ0n) is 21.4. The van der Waals surface area contributed by atoms with E-state index < -0.39 is 11.6 Å². The predicted molar refractivity (Wildman–Crippen MR) is 149 cm³/mol. The van der Waals surface area contributed by atoms with Crippen molar-refractivity contribution in [1.82, 2.24) is 0 Å². The first-order valence-electron chi connectivity index (χ1n) is 12.9. The molecular formula is C34H28F2O3. The second-order valence-electron chi connectivity index (χ2n) is 9.41. The van der Waals surface area contributed by atoms with Gasteiger partial charge in [-0.25, -0.2) is 8.78 Å². The third-order valence-electron chi connectivity index (χ3n) is 6.57. The van der Waals surface area contributed by atoms with Crippen molar-refractivity contribution >= 4 is 17.9 Å². The summed E-state index contributed by atoms with van der Waals surface area (Å²) >= 11 is 0. The van der Waals surface area contributed by atoms with Crippen molar-refractivity contribution in [2.24, 2.45) is 0 Å². The number of para-hydroxylation sites is 1. The zero-order valence-corrected chi connectivity index (χ0v) is 21.4.